The van der Waals surface area contributed by atoms with E-state index in [2.05, 4.69) is 22.5 Å². The molecular formula is C29H41ClN4O4. The first-order chi connectivity index (χ1) is 17.7. The summed E-state index contributed by atoms with van der Waals surface area (Å²) >= 11 is 6.42. The van der Waals surface area contributed by atoms with E-state index >= 15 is 0 Å². The molecule has 0 spiro atoms. The van der Waals surface area contributed by atoms with Crippen molar-refractivity contribution in [2.75, 3.05) is 19.6 Å². The predicted molar refractivity (Wildman–Crippen MR) is 151 cm³/mol. The molecule has 9 heteroatoms. The third-order valence-electron chi connectivity index (χ3n) is 7.02. The second-order valence-electron chi connectivity index (χ2n) is 11.3. The van der Waals surface area contributed by atoms with Gasteiger partial charge in [-0.25, -0.2) is 4.79 Å². The number of likely N-dealkylation sites (tertiary alicyclic amines) is 1. The topological polar surface area (TPSA) is 104 Å². The fourth-order valence-corrected chi connectivity index (χ4v) is 5.08. The summed E-state index contributed by atoms with van der Waals surface area (Å²) < 4.78 is 5.49. The molecule has 208 valence electrons. The van der Waals surface area contributed by atoms with Gasteiger partial charge in [0, 0.05) is 47.5 Å². The van der Waals surface area contributed by atoms with Crippen LogP contribution in [0.25, 0.3) is 0 Å². The van der Waals surface area contributed by atoms with Crippen molar-refractivity contribution in [3.05, 3.63) is 67.1 Å². The van der Waals surface area contributed by atoms with Crippen molar-refractivity contribution >= 4 is 23.6 Å². The van der Waals surface area contributed by atoms with Gasteiger partial charge in [-0.2, -0.15) is 0 Å². The number of rotatable bonds is 7. The minimum absolute atomic E-state index is 0.0219. The van der Waals surface area contributed by atoms with Gasteiger partial charge in [-0.15, -0.1) is 0 Å². The zero-order chi connectivity index (χ0) is 28.2. The van der Waals surface area contributed by atoms with Gasteiger partial charge in [0.05, 0.1) is 0 Å². The van der Waals surface area contributed by atoms with Crippen LogP contribution < -0.4 is 16.2 Å². The van der Waals surface area contributed by atoms with E-state index in [1.807, 2.05) is 53.7 Å². The van der Waals surface area contributed by atoms with E-state index in [1.165, 1.54) is 0 Å². The quantitative estimate of drug-likeness (QED) is 0.445. The summed E-state index contributed by atoms with van der Waals surface area (Å²) in [4.78, 5) is 42.3. The number of nitrogens with one attached hydrogen (secondary N) is 3. The molecule has 0 aliphatic carbocycles. The molecule has 1 atom stereocenters. The van der Waals surface area contributed by atoms with Gasteiger partial charge in [0.1, 0.15) is 5.60 Å². The summed E-state index contributed by atoms with van der Waals surface area (Å²) in [7, 11) is 0. The summed E-state index contributed by atoms with van der Waals surface area (Å²) in [5.41, 5.74) is 3.77. The summed E-state index contributed by atoms with van der Waals surface area (Å²) in [6.45, 7) is 15.6. The Morgan fingerprint density at radius 1 is 1.16 bits per heavy atom. The lowest BCUT2D eigenvalue weighted by Crippen LogP contribution is -2.43. The number of hydrogen-bond acceptors (Lipinski definition) is 5. The number of aromatic nitrogens is 1. The number of hydrogen-bond donors (Lipinski definition) is 3. The first-order valence-corrected chi connectivity index (χ1v) is 13.6. The summed E-state index contributed by atoms with van der Waals surface area (Å²) in [6.07, 6.45) is 1.55. The van der Waals surface area contributed by atoms with E-state index in [4.69, 9.17) is 16.3 Å². The number of aromatic amines is 1. The maximum atomic E-state index is 13.1. The first kappa shape index (κ1) is 29.7. The zero-order valence-electron chi connectivity index (χ0n) is 23.6. The van der Waals surface area contributed by atoms with Crippen LogP contribution >= 0.6 is 11.6 Å². The highest BCUT2D eigenvalue weighted by Crippen LogP contribution is 2.27. The standard InChI is InChI=1S/C29H41ClN4O4/c1-17-12-18(2)33-27(36)25(17)16-32-26(35)24-14-22(30)13-23(19(24)3)20(4)31-15-21-8-10-34(11-9-21)28(37)38-29(5,6)7/h12-14,20-21,31H,8-11,15-16H2,1-7H3,(H,32,35)(H,33,36). The molecule has 2 aromatic rings. The second-order valence-corrected chi connectivity index (χ2v) is 11.8. The molecule has 2 amide bonds. The molecule has 1 aromatic carbocycles. The Kier molecular flexibility index (Phi) is 9.65. The molecule has 1 aliphatic heterocycles. The third-order valence-corrected chi connectivity index (χ3v) is 7.24. The molecule has 3 rings (SSSR count). The van der Waals surface area contributed by atoms with Gasteiger partial charge >= 0.3 is 6.09 Å². The van der Waals surface area contributed by atoms with Gasteiger partial charge < -0.3 is 25.3 Å². The number of carbonyl (C=O) groups excluding carboxylic acids is 2. The van der Waals surface area contributed by atoms with Crippen LogP contribution in [-0.4, -0.2) is 47.1 Å². The molecule has 3 N–H and O–H groups in total. The maximum absolute atomic E-state index is 13.1. The lowest BCUT2D eigenvalue weighted by molar-refractivity contribution is 0.0183. The number of piperidine rings is 1. The average Bonchev–Trinajstić information content (AvgIpc) is 2.82. The van der Waals surface area contributed by atoms with Gasteiger partial charge in [-0.1, -0.05) is 11.6 Å². The minimum Gasteiger partial charge on any atom is -0.444 e. The Morgan fingerprint density at radius 2 is 1.82 bits per heavy atom. The number of benzene rings is 1. The van der Waals surface area contributed by atoms with Gasteiger partial charge in [0.25, 0.3) is 11.5 Å². The summed E-state index contributed by atoms with van der Waals surface area (Å²) in [5.74, 6) is 0.168. The number of ether oxygens (including phenoxy) is 1. The van der Waals surface area contributed by atoms with E-state index < -0.39 is 5.60 Å². The number of amides is 2. The van der Waals surface area contributed by atoms with Crippen LogP contribution in [0.3, 0.4) is 0 Å². The fourth-order valence-electron chi connectivity index (χ4n) is 4.85. The van der Waals surface area contributed by atoms with Crippen molar-refractivity contribution < 1.29 is 14.3 Å². The molecule has 0 saturated carbocycles. The minimum atomic E-state index is -0.493. The number of pyridine rings is 1. The van der Waals surface area contributed by atoms with Crippen LogP contribution in [0.4, 0.5) is 4.79 Å². The van der Waals surface area contributed by atoms with Crippen molar-refractivity contribution in [3.8, 4) is 0 Å². The third kappa shape index (κ3) is 7.84. The molecule has 1 aliphatic rings. The highest BCUT2D eigenvalue weighted by Gasteiger charge is 2.27. The first-order valence-electron chi connectivity index (χ1n) is 13.2. The summed E-state index contributed by atoms with van der Waals surface area (Å²) in [5, 5.41) is 6.96. The highest BCUT2D eigenvalue weighted by molar-refractivity contribution is 6.31. The zero-order valence-corrected chi connectivity index (χ0v) is 24.3. The average molecular weight is 545 g/mol. The van der Waals surface area contributed by atoms with Crippen LogP contribution in [-0.2, 0) is 11.3 Å². The number of halogens is 1. The predicted octanol–water partition coefficient (Wildman–Crippen LogP) is 5.18. The van der Waals surface area contributed by atoms with Crippen LogP contribution in [0.2, 0.25) is 5.02 Å². The Hall–Kier alpha value is -2.84. The van der Waals surface area contributed by atoms with Gasteiger partial charge in [0.15, 0.2) is 0 Å². The molecule has 8 nitrogen and oxygen atoms in total. The Balaban J connectivity index is 1.60. The van der Waals surface area contributed by atoms with Crippen LogP contribution in [0.1, 0.15) is 84.9 Å². The Morgan fingerprint density at radius 3 is 2.42 bits per heavy atom. The smallest absolute Gasteiger partial charge is 0.410 e. The molecule has 2 heterocycles. The lowest BCUT2D eigenvalue weighted by atomic mass is 9.94. The number of aryl methyl sites for hydroxylation is 2. The monoisotopic (exact) mass is 544 g/mol. The van der Waals surface area contributed by atoms with Crippen molar-refractivity contribution in [2.24, 2.45) is 5.92 Å². The van der Waals surface area contributed by atoms with Crippen molar-refractivity contribution in [2.45, 2.75) is 79.5 Å². The van der Waals surface area contributed by atoms with Gasteiger partial charge in [-0.05, 0) is 109 Å². The number of nitrogens with zero attached hydrogens (tertiary/aromatic N) is 1. The molecule has 1 saturated heterocycles. The largest absolute Gasteiger partial charge is 0.444 e. The fraction of sp³-hybridized carbons (Fsp3) is 0.552. The number of carbonyl (C=O) groups is 2. The van der Waals surface area contributed by atoms with Crippen LogP contribution in [0.5, 0.6) is 0 Å². The van der Waals surface area contributed by atoms with E-state index in [-0.39, 0.29) is 30.1 Å². The van der Waals surface area contributed by atoms with Gasteiger partial charge in [-0.3, -0.25) is 9.59 Å². The molecule has 0 bridgehead atoms. The van der Waals surface area contributed by atoms with E-state index in [0.717, 1.165) is 41.8 Å². The summed E-state index contributed by atoms with van der Waals surface area (Å²) in [6, 6.07) is 5.43. The van der Waals surface area contributed by atoms with Crippen molar-refractivity contribution in [1.29, 1.82) is 0 Å². The van der Waals surface area contributed by atoms with Crippen LogP contribution in [0.15, 0.2) is 23.0 Å². The van der Waals surface area contributed by atoms with E-state index in [9.17, 15) is 14.4 Å². The highest BCUT2D eigenvalue weighted by atomic mass is 35.5. The van der Waals surface area contributed by atoms with E-state index in [1.54, 1.807) is 11.0 Å². The lowest BCUT2D eigenvalue weighted by Gasteiger charge is -2.34. The van der Waals surface area contributed by atoms with Crippen molar-refractivity contribution in [3.63, 3.8) is 0 Å². The van der Waals surface area contributed by atoms with E-state index in [0.29, 0.717) is 35.2 Å². The molecule has 1 unspecified atom stereocenters. The second kappa shape index (κ2) is 12.3. The molecule has 1 aromatic heterocycles. The molecule has 1 fully saturated rings. The molecule has 0 radical (unpaired) electrons. The van der Waals surface area contributed by atoms with Crippen LogP contribution in [0, 0.1) is 26.7 Å². The Labute approximate surface area is 230 Å². The van der Waals surface area contributed by atoms with Crippen molar-refractivity contribution in [1.82, 2.24) is 20.5 Å². The number of H-pyrrole nitrogens is 1. The SMILES string of the molecule is Cc1cc(C)c(CNC(=O)c2cc(Cl)cc(C(C)NCC3CCN(C(=O)OC(C)(C)C)CC3)c2C)c(=O)[nH]1. The van der Waals surface area contributed by atoms with Gasteiger partial charge in [0.2, 0.25) is 0 Å². The normalized spacial score (nSPS) is 15.3. The Bertz CT molecular complexity index is 1230. The maximum Gasteiger partial charge on any atom is 0.410 e. The molecular weight excluding hydrogens is 504 g/mol. The molecule has 38 heavy (non-hydrogen) atoms.